The molecule has 1 aliphatic carbocycles. The van der Waals surface area contributed by atoms with E-state index in [0.29, 0.717) is 6.54 Å². The van der Waals surface area contributed by atoms with Crippen LogP contribution in [0.2, 0.25) is 0 Å². The van der Waals surface area contributed by atoms with Crippen LogP contribution in [0.5, 0.6) is 0 Å². The Balaban J connectivity index is 1.63. The average molecular weight is 340 g/mol. The molecule has 134 valence electrons. The molecule has 1 aromatic heterocycles. The molecule has 0 saturated carbocycles. The van der Waals surface area contributed by atoms with E-state index in [2.05, 4.69) is 34.2 Å². The lowest BCUT2D eigenvalue weighted by molar-refractivity contribution is -0.132. The van der Waals surface area contributed by atoms with Crippen molar-refractivity contribution < 1.29 is 4.79 Å². The van der Waals surface area contributed by atoms with Crippen LogP contribution in [0.25, 0.3) is 0 Å². The number of carbonyl (C=O) groups excluding carboxylic acids is 1. The van der Waals surface area contributed by atoms with E-state index in [1.54, 1.807) is 4.90 Å². The molecular weight excluding hydrogens is 312 g/mol. The van der Waals surface area contributed by atoms with E-state index < -0.39 is 0 Å². The Morgan fingerprint density at radius 1 is 1.40 bits per heavy atom. The summed E-state index contributed by atoms with van der Waals surface area (Å²) < 4.78 is 2.08. The smallest absolute Gasteiger partial charge is 0.239 e. The highest BCUT2D eigenvalue weighted by molar-refractivity contribution is 5.81. The summed E-state index contributed by atoms with van der Waals surface area (Å²) in [6, 6.07) is 10.1. The molecule has 0 saturated heterocycles. The Morgan fingerprint density at radius 2 is 2.16 bits per heavy atom. The summed E-state index contributed by atoms with van der Waals surface area (Å²) in [5.74, 6) is 0.124. The van der Waals surface area contributed by atoms with Gasteiger partial charge >= 0.3 is 0 Å². The molecule has 5 nitrogen and oxygen atoms in total. The average Bonchev–Trinajstić information content (AvgIpc) is 3.06. The number of hydrogen-bond acceptors (Lipinski definition) is 3. The molecule has 0 aliphatic heterocycles. The van der Waals surface area contributed by atoms with E-state index >= 15 is 0 Å². The van der Waals surface area contributed by atoms with Gasteiger partial charge in [-0.25, -0.2) is 0 Å². The van der Waals surface area contributed by atoms with E-state index in [0.717, 1.165) is 31.4 Å². The zero-order chi connectivity index (χ0) is 17.8. The lowest BCUT2D eigenvalue weighted by Crippen LogP contribution is -2.44. The molecule has 0 unspecified atom stereocenters. The zero-order valence-corrected chi connectivity index (χ0v) is 15.4. The first-order chi connectivity index (χ1) is 12.1. The Kier molecular flexibility index (Phi) is 5.53. The van der Waals surface area contributed by atoms with Gasteiger partial charge in [-0.15, -0.1) is 0 Å². The maximum absolute atomic E-state index is 12.7. The highest BCUT2D eigenvalue weighted by Gasteiger charge is 2.27. The molecule has 1 amide bonds. The van der Waals surface area contributed by atoms with Crippen LogP contribution < -0.4 is 5.32 Å². The van der Waals surface area contributed by atoms with E-state index in [1.165, 1.54) is 11.3 Å². The summed E-state index contributed by atoms with van der Waals surface area (Å²) in [4.78, 5) is 14.5. The molecule has 1 heterocycles. The second-order valence-electron chi connectivity index (χ2n) is 6.88. The molecule has 1 aliphatic rings. The van der Waals surface area contributed by atoms with Gasteiger partial charge in [-0.3, -0.25) is 14.8 Å². The normalized spacial score (nSPS) is 17.8. The van der Waals surface area contributed by atoms with Gasteiger partial charge in [0.05, 0.1) is 12.2 Å². The fourth-order valence-electron chi connectivity index (χ4n) is 3.70. The standard InChI is InChI=1S/C20H28N4O/c1-4-24-19-12-8-11-18(17(19)13-21-24)22-15(2)20(25)23(3)14-16-9-6-5-7-10-16/h5-7,9-10,13,15,18,22H,4,8,11-12,14H2,1-3H3/t15-,18+/m0/s1. The minimum Gasteiger partial charge on any atom is -0.340 e. The molecule has 5 heteroatoms. The number of carbonyl (C=O) groups is 1. The van der Waals surface area contributed by atoms with Crippen LogP contribution in [-0.2, 0) is 24.3 Å². The lowest BCUT2D eigenvalue weighted by Gasteiger charge is -2.29. The predicted octanol–water partition coefficient (Wildman–Crippen LogP) is 2.92. The van der Waals surface area contributed by atoms with Gasteiger partial charge in [0.1, 0.15) is 0 Å². The largest absolute Gasteiger partial charge is 0.340 e. The van der Waals surface area contributed by atoms with Crippen molar-refractivity contribution in [2.24, 2.45) is 0 Å². The van der Waals surface area contributed by atoms with Gasteiger partial charge in [0.15, 0.2) is 0 Å². The van der Waals surface area contributed by atoms with Crippen molar-refractivity contribution >= 4 is 5.91 Å². The topological polar surface area (TPSA) is 50.2 Å². The minimum atomic E-state index is -0.213. The first kappa shape index (κ1) is 17.7. The number of nitrogens with zero attached hydrogens (tertiary/aromatic N) is 3. The van der Waals surface area contributed by atoms with Crippen molar-refractivity contribution in [2.45, 2.75) is 58.3 Å². The second kappa shape index (κ2) is 7.83. The summed E-state index contributed by atoms with van der Waals surface area (Å²) in [7, 11) is 1.87. The molecule has 25 heavy (non-hydrogen) atoms. The Hall–Kier alpha value is -2.14. The fourth-order valence-corrected chi connectivity index (χ4v) is 3.70. The SMILES string of the molecule is CCn1ncc2c1CCC[C@H]2N[C@@H](C)C(=O)N(C)Cc1ccccc1. The fraction of sp³-hybridized carbons (Fsp3) is 0.500. The zero-order valence-electron chi connectivity index (χ0n) is 15.4. The van der Waals surface area contributed by atoms with Gasteiger partial charge in [-0.1, -0.05) is 30.3 Å². The summed E-state index contributed by atoms with van der Waals surface area (Å²) in [5.41, 5.74) is 3.73. The number of aryl methyl sites for hydroxylation is 1. The highest BCUT2D eigenvalue weighted by atomic mass is 16.2. The van der Waals surface area contributed by atoms with Gasteiger partial charge in [-0.05, 0) is 38.7 Å². The summed E-state index contributed by atoms with van der Waals surface area (Å²) in [5, 5.41) is 8.03. The van der Waals surface area contributed by atoms with Crippen molar-refractivity contribution in [1.29, 1.82) is 0 Å². The molecule has 1 aromatic carbocycles. The molecular formula is C20H28N4O. The monoisotopic (exact) mass is 340 g/mol. The Labute approximate surface area is 150 Å². The van der Waals surface area contributed by atoms with Crippen LogP contribution >= 0.6 is 0 Å². The summed E-state index contributed by atoms with van der Waals surface area (Å²) in [6.07, 6.45) is 5.25. The number of aromatic nitrogens is 2. The van der Waals surface area contributed by atoms with Gasteiger partial charge in [0.2, 0.25) is 5.91 Å². The van der Waals surface area contributed by atoms with Crippen LogP contribution in [0, 0.1) is 0 Å². The molecule has 0 bridgehead atoms. The van der Waals surface area contributed by atoms with Gasteiger partial charge in [0.25, 0.3) is 0 Å². The third-order valence-corrected chi connectivity index (χ3v) is 5.02. The number of amides is 1. The maximum Gasteiger partial charge on any atom is 0.239 e. The molecule has 3 rings (SSSR count). The first-order valence-electron chi connectivity index (χ1n) is 9.19. The number of likely N-dealkylation sites (N-methyl/N-ethyl adjacent to an activating group) is 1. The van der Waals surface area contributed by atoms with Crippen molar-refractivity contribution in [2.75, 3.05) is 7.05 Å². The number of benzene rings is 1. The predicted molar refractivity (Wildman–Crippen MR) is 99.1 cm³/mol. The maximum atomic E-state index is 12.7. The Bertz CT molecular complexity index is 710. The van der Waals surface area contributed by atoms with Gasteiger partial charge in [0, 0.05) is 37.4 Å². The molecule has 0 spiro atoms. The number of hydrogen-bond donors (Lipinski definition) is 1. The lowest BCUT2D eigenvalue weighted by atomic mass is 9.92. The number of fused-ring (bicyclic) bond motifs is 1. The van der Waals surface area contributed by atoms with E-state index in [1.807, 2.05) is 38.4 Å². The third kappa shape index (κ3) is 3.93. The third-order valence-electron chi connectivity index (χ3n) is 5.02. The summed E-state index contributed by atoms with van der Waals surface area (Å²) >= 11 is 0. The van der Waals surface area contributed by atoms with Crippen molar-refractivity contribution in [3.63, 3.8) is 0 Å². The molecule has 2 aromatic rings. The van der Waals surface area contributed by atoms with Crippen LogP contribution in [-0.4, -0.2) is 33.7 Å². The summed E-state index contributed by atoms with van der Waals surface area (Å²) in [6.45, 7) is 5.61. The van der Waals surface area contributed by atoms with E-state index in [-0.39, 0.29) is 18.0 Å². The van der Waals surface area contributed by atoms with Crippen molar-refractivity contribution in [1.82, 2.24) is 20.0 Å². The number of rotatable bonds is 6. The highest BCUT2D eigenvalue weighted by Crippen LogP contribution is 2.30. The van der Waals surface area contributed by atoms with Gasteiger partial charge in [-0.2, -0.15) is 5.10 Å². The second-order valence-corrected chi connectivity index (χ2v) is 6.88. The molecule has 1 N–H and O–H groups in total. The van der Waals surface area contributed by atoms with Gasteiger partial charge < -0.3 is 4.90 Å². The van der Waals surface area contributed by atoms with Crippen molar-refractivity contribution in [3.8, 4) is 0 Å². The number of nitrogens with one attached hydrogen (secondary N) is 1. The molecule has 0 fully saturated rings. The van der Waals surface area contributed by atoms with Crippen LogP contribution in [0.4, 0.5) is 0 Å². The quantitative estimate of drug-likeness (QED) is 0.880. The van der Waals surface area contributed by atoms with Crippen LogP contribution in [0.1, 0.15) is 49.6 Å². The molecule has 2 atom stereocenters. The van der Waals surface area contributed by atoms with E-state index in [4.69, 9.17) is 0 Å². The van der Waals surface area contributed by atoms with Crippen LogP contribution in [0.15, 0.2) is 36.5 Å². The Morgan fingerprint density at radius 3 is 2.88 bits per heavy atom. The van der Waals surface area contributed by atoms with Crippen molar-refractivity contribution in [3.05, 3.63) is 53.3 Å². The minimum absolute atomic E-state index is 0.124. The van der Waals surface area contributed by atoms with E-state index in [9.17, 15) is 4.79 Å². The molecule has 0 radical (unpaired) electrons. The van der Waals surface area contributed by atoms with Crippen LogP contribution in [0.3, 0.4) is 0 Å². The first-order valence-corrected chi connectivity index (χ1v) is 9.19.